The summed E-state index contributed by atoms with van der Waals surface area (Å²) in [6.45, 7) is 9.19. The van der Waals surface area contributed by atoms with Gasteiger partial charge in [0.25, 0.3) is 0 Å². The highest BCUT2D eigenvalue weighted by Crippen LogP contribution is 2.43. The van der Waals surface area contributed by atoms with Gasteiger partial charge >= 0.3 is 5.97 Å². The fourth-order valence-corrected chi connectivity index (χ4v) is 16.6. The van der Waals surface area contributed by atoms with Crippen LogP contribution in [0.4, 0.5) is 0 Å². The average Bonchev–Trinajstić information content (AvgIpc) is 0.780. The van der Waals surface area contributed by atoms with E-state index in [1.54, 1.807) is 6.92 Å². The standard InChI is InChI=1S/C72H121N3O27/c1-7-42-30-44(32-48(64(42)101-71-61(88)59(86)55(82)37(4)94-71)98-70-54(75-39(6)78)66(58(85)52(35-77)100-70)96-50(68(91)92)29-41-19-13-10-14-20-41)47(80)22-16-26-73-53(81)24-23-46(79)21-15-27-74-67(90)45-31-43(8-2)65(102-72-62(89)60(87)56(83)38(5)95-72)49(33-45)97-69-36(3)63(57(84)51(34-76)99-69)93-28-25-40-17-11-9-12-18-40/h36-38,40-45,48-52,54-66,69-72,76-77,82-89H,7-35H2,1-6H3,(H,73,81)(H,74,90)(H,75,78)(H,91,92)/t36-,37+,38+,42+,43+,44-,45?,48-,49-,50+,51-,52-,54-,55-,56-,57+,58+,59-,60-,61+,62+,63-,64-,65-,66-,69-,70?,71+,72+/m1/s1. The van der Waals surface area contributed by atoms with E-state index in [1.165, 1.54) is 33.1 Å². The first kappa shape index (κ1) is 84.0. The molecule has 2 unspecified atom stereocenters. The van der Waals surface area contributed by atoms with E-state index >= 15 is 0 Å². The van der Waals surface area contributed by atoms with Crippen molar-refractivity contribution in [3.8, 4) is 0 Å². The van der Waals surface area contributed by atoms with E-state index in [0.717, 1.165) is 51.4 Å². The molecule has 0 spiro atoms. The van der Waals surface area contributed by atoms with Crippen LogP contribution in [0, 0.1) is 41.4 Å². The Hall–Kier alpha value is -3.58. The number of hydrogen-bond donors (Lipinski definition) is 14. The summed E-state index contributed by atoms with van der Waals surface area (Å²) in [6.07, 6.45) is -16.3. The second kappa shape index (κ2) is 40.6. The molecule has 8 aliphatic rings. The maximum Gasteiger partial charge on any atom is 0.332 e. The highest BCUT2D eigenvalue weighted by atomic mass is 16.7. The summed E-state index contributed by atoms with van der Waals surface area (Å²) in [4.78, 5) is 80.4. The number of ketones is 2. The topological polar surface area (TPSA) is 453 Å². The van der Waals surface area contributed by atoms with Crippen molar-refractivity contribution >= 4 is 35.3 Å². The van der Waals surface area contributed by atoms with Crippen LogP contribution in [-0.2, 0) is 76.1 Å². The molecule has 0 aromatic carbocycles. The van der Waals surface area contributed by atoms with Crippen molar-refractivity contribution in [3.63, 3.8) is 0 Å². The number of carboxylic acid groups (broad SMARTS) is 1. The molecule has 30 nitrogen and oxygen atoms in total. The number of carbonyl (C=O) groups excluding carboxylic acids is 5. The molecule has 0 aromatic rings. The van der Waals surface area contributed by atoms with Crippen LogP contribution in [0.1, 0.15) is 196 Å². The monoisotopic (exact) mass is 1460 g/mol. The third kappa shape index (κ3) is 22.5. The van der Waals surface area contributed by atoms with Gasteiger partial charge in [0.2, 0.25) is 17.7 Å². The Bertz CT molecular complexity index is 2600. The van der Waals surface area contributed by atoms with Crippen LogP contribution in [0.3, 0.4) is 0 Å². The van der Waals surface area contributed by atoms with Crippen molar-refractivity contribution in [1.82, 2.24) is 16.0 Å². The molecule has 30 heteroatoms. The SMILES string of the molecule is CC[C@H]1C[C@@H](C(=O)CCCNC(=O)CCC(=O)CCCNC(=O)C2C[C@H](CC)[C@@H](O[C@@H]3O[C@@H](C)[C@@H](O)[C@@H](O)[C@@H]3O)[C@H](O[C@@H]3O[C@H](CO)[C@H](O)[C@H](OCCC4CCCCC4)[C@H]3C)C2)C[C@@H](OC2O[C@H](CO)[C@H](O)[C@H](O[C@@H](CC3CCCCC3)C(=O)O)[C@H]2NC(C)=O)[C@@H]1O[C@@H]1O[C@@H](C)[C@@H](O)[C@@H](O)[C@@H]1O. The van der Waals surface area contributed by atoms with Crippen LogP contribution in [-0.4, -0.2) is 272 Å². The largest absolute Gasteiger partial charge is 0.479 e. The zero-order valence-electron chi connectivity index (χ0n) is 60.4. The lowest BCUT2D eigenvalue weighted by Gasteiger charge is -2.49. The molecule has 4 heterocycles. The Kier molecular flexibility index (Phi) is 33.4. The number of carbonyl (C=O) groups is 6. The molecule has 29 atom stereocenters. The van der Waals surface area contributed by atoms with E-state index in [9.17, 15) is 84.9 Å². The summed E-state index contributed by atoms with van der Waals surface area (Å²) in [5, 5.41) is 127. The fraction of sp³-hybridized carbons (Fsp3) is 0.917. The van der Waals surface area contributed by atoms with Crippen molar-refractivity contribution in [3.05, 3.63) is 0 Å². The quantitative estimate of drug-likeness (QED) is 0.0397. The van der Waals surface area contributed by atoms with Crippen molar-refractivity contribution < 1.29 is 132 Å². The van der Waals surface area contributed by atoms with E-state index in [0.29, 0.717) is 31.8 Å². The molecule has 102 heavy (non-hydrogen) atoms. The van der Waals surface area contributed by atoms with Gasteiger partial charge in [-0.25, -0.2) is 4.79 Å². The normalized spacial score (nSPS) is 39.8. The van der Waals surface area contributed by atoms with Crippen molar-refractivity contribution in [1.29, 1.82) is 0 Å². The van der Waals surface area contributed by atoms with Gasteiger partial charge in [0, 0.05) is 70.1 Å². The number of ether oxygens (including phenoxy) is 10. The molecule has 8 fully saturated rings. The van der Waals surface area contributed by atoms with Crippen LogP contribution >= 0.6 is 0 Å². The minimum atomic E-state index is -1.72. The molecule has 0 radical (unpaired) electrons. The van der Waals surface area contributed by atoms with Crippen molar-refractivity contribution in [2.45, 2.75) is 343 Å². The third-order valence-corrected chi connectivity index (χ3v) is 22.9. The molecule has 8 rings (SSSR count). The van der Waals surface area contributed by atoms with Gasteiger partial charge in [0.1, 0.15) is 84.8 Å². The first-order chi connectivity index (χ1) is 48.7. The first-order valence-corrected chi connectivity index (χ1v) is 38.0. The van der Waals surface area contributed by atoms with Gasteiger partial charge in [-0.05, 0) is 88.9 Å². The third-order valence-electron chi connectivity index (χ3n) is 22.9. The van der Waals surface area contributed by atoms with Gasteiger partial charge in [-0.3, -0.25) is 24.0 Å². The highest BCUT2D eigenvalue weighted by Gasteiger charge is 2.55. The van der Waals surface area contributed by atoms with Crippen LogP contribution in [0.2, 0.25) is 0 Å². The smallest absolute Gasteiger partial charge is 0.332 e. The van der Waals surface area contributed by atoms with Crippen LogP contribution in [0.15, 0.2) is 0 Å². The fourth-order valence-electron chi connectivity index (χ4n) is 16.6. The number of nitrogens with one attached hydrogen (secondary N) is 3. The number of carboxylic acids is 1. The predicted molar refractivity (Wildman–Crippen MR) is 360 cm³/mol. The summed E-state index contributed by atoms with van der Waals surface area (Å²) >= 11 is 0. The molecular weight excluding hydrogens is 1340 g/mol. The second-order valence-electron chi connectivity index (χ2n) is 30.3. The Balaban J connectivity index is 0.836. The van der Waals surface area contributed by atoms with E-state index < -0.39 is 202 Å². The zero-order chi connectivity index (χ0) is 74.1. The molecule has 586 valence electrons. The van der Waals surface area contributed by atoms with Crippen LogP contribution < -0.4 is 16.0 Å². The molecule has 0 bridgehead atoms. The number of Topliss-reactive ketones (excluding diaryl/α,β-unsaturated/α-hetero) is 2. The number of aliphatic hydroxyl groups excluding tert-OH is 10. The van der Waals surface area contributed by atoms with Crippen LogP contribution in [0.5, 0.6) is 0 Å². The molecule has 14 N–H and O–H groups in total. The lowest BCUT2D eigenvalue weighted by atomic mass is 9.74. The summed E-state index contributed by atoms with van der Waals surface area (Å²) in [5.74, 6) is -5.17. The van der Waals surface area contributed by atoms with E-state index in [1.807, 2.05) is 20.8 Å². The Morgan fingerprint density at radius 1 is 0.520 bits per heavy atom. The van der Waals surface area contributed by atoms with Gasteiger partial charge in [-0.2, -0.15) is 0 Å². The summed E-state index contributed by atoms with van der Waals surface area (Å²) in [6, 6.07) is -1.37. The van der Waals surface area contributed by atoms with Gasteiger partial charge in [0.15, 0.2) is 31.3 Å². The van der Waals surface area contributed by atoms with Crippen LogP contribution in [0.25, 0.3) is 0 Å². The lowest BCUT2D eigenvalue weighted by molar-refractivity contribution is -0.342. The van der Waals surface area contributed by atoms with E-state index in [4.69, 9.17) is 47.4 Å². The summed E-state index contributed by atoms with van der Waals surface area (Å²) in [7, 11) is 0. The number of amides is 3. The average molecular weight is 1460 g/mol. The second-order valence-corrected chi connectivity index (χ2v) is 30.3. The van der Waals surface area contributed by atoms with Gasteiger partial charge in [-0.15, -0.1) is 0 Å². The minimum absolute atomic E-state index is 0.00897. The molecule has 3 amide bonds. The molecule has 4 saturated carbocycles. The van der Waals surface area contributed by atoms with E-state index in [2.05, 4.69) is 16.0 Å². The highest BCUT2D eigenvalue weighted by molar-refractivity contribution is 5.85. The minimum Gasteiger partial charge on any atom is -0.479 e. The maximum absolute atomic E-state index is 14.3. The van der Waals surface area contributed by atoms with Crippen molar-refractivity contribution in [2.75, 3.05) is 32.9 Å². The number of hydrogen-bond acceptors (Lipinski definition) is 26. The first-order valence-electron chi connectivity index (χ1n) is 38.0. The summed E-state index contributed by atoms with van der Waals surface area (Å²) in [5.41, 5.74) is 0. The Morgan fingerprint density at radius 2 is 1.03 bits per heavy atom. The predicted octanol–water partition coefficient (Wildman–Crippen LogP) is 1.23. The van der Waals surface area contributed by atoms with Gasteiger partial charge < -0.3 is 119 Å². The van der Waals surface area contributed by atoms with E-state index in [-0.39, 0.29) is 107 Å². The van der Waals surface area contributed by atoms with Crippen molar-refractivity contribution in [2.24, 2.45) is 41.4 Å². The molecule has 4 aliphatic carbocycles. The maximum atomic E-state index is 14.3. The Labute approximate surface area is 598 Å². The van der Waals surface area contributed by atoms with Gasteiger partial charge in [0.05, 0.1) is 55.9 Å². The molecule has 0 aromatic heterocycles. The molecule has 4 saturated heterocycles. The molecular formula is C72H121N3O27. The molecule has 4 aliphatic heterocycles. The number of aliphatic carboxylic acids is 1. The van der Waals surface area contributed by atoms with Gasteiger partial charge in [-0.1, -0.05) is 97.8 Å². The lowest BCUT2D eigenvalue weighted by Crippen LogP contribution is -2.67. The number of rotatable bonds is 35. The number of aliphatic hydroxyl groups is 10. The zero-order valence-corrected chi connectivity index (χ0v) is 60.4. The Morgan fingerprint density at radius 3 is 1.58 bits per heavy atom. The summed E-state index contributed by atoms with van der Waals surface area (Å²) < 4.78 is 63.2.